The molecule has 0 aromatic heterocycles. The fourth-order valence-electron chi connectivity index (χ4n) is 3.10. The van der Waals surface area contributed by atoms with Crippen LogP contribution in [0.15, 0.2) is 36.4 Å². The molecule has 0 aliphatic carbocycles. The smallest absolute Gasteiger partial charge is 0.255 e. The first-order valence-corrected chi connectivity index (χ1v) is 9.57. The summed E-state index contributed by atoms with van der Waals surface area (Å²) in [5, 5.41) is 0.540. The molecule has 0 atom stereocenters. The Morgan fingerprint density at radius 3 is 2.29 bits per heavy atom. The Morgan fingerprint density at radius 2 is 1.61 bits per heavy atom. The van der Waals surface area contributed by atoms with E-state index in [9.17, 15) is 18.4 Å². The molecule has 28 heavy (non-hydrogen) atoms. The first kappa shape index (κ1) is 20.6. The van der Waals surface area contributed by atoms with Gasteiger partial charge in [0.05, 0.1) is 15.6 Å². The number of piperazine rings is 1. The van der Waals surface area contributed by atoms with E-state index in [1.165, 1.54) is 6.07 Å². The van der Waals surface area contributed by atoms with Gasteiger partial charge in [-0.05, 0) is 36.2 Å². The zero-order chi connectivity index (χ0) is 20.3. The molecule has 1 aliphatic rings. The molecule has 0 spiro atoms. The largest absolute Gasteiger partial charge is 0.339 e. The summed E-state index contributed by atoms with van der Waals surface area (Å²) in [6, 6.07) is 8.53. The number of nitrogens with zero attached hydrogens (tertiary/aromatic N) is 2. The van der Waals surface area contributed by atoms with Gasteiger partial charge in [0.1, 0.15) is 0 Å². The minimum Gasteiger partial charge on any atom is -0.339 e. The number of aryl methyl sites for hydroxylation is 1. The van der Waals surface area contributed by atoms with Gasteiger partial charge < -0.3 is 9.80 Å². The van der Waals surface area contributed by atoms with E-state index in [4.69, 9.17) is 23.2 Å². The van der Waals surface area contributed by atoms with Crippen LogP contribution >= 0.6 is 23.2 Å². The highest BCUT2D eigenvalue weighted by atomic mass is 35.5. The van der Waals surface area contributed by atoms with Crippen LogP contribution in [-0.2, 0) is 11.2 Å². The molecule has 1 heterocycles. The van der Waals surface area contributed by atoms with Crippen molar-refractivity contribution < 1.29 is 18.4 Å². The second kappa shape index (κ2) is 8.88. The van der Waals surface area contributed by atoms with Gasteiger partial charge in [0.15, 0.2) is 11.6 Å². The van der Waals surface area contributed by atoms with Gasteiger partial charge in [-0.15, -0.1) is 0 Å². The third-order valence-electron chi connectivity index (χ3n) is 4.71. The van der Waals surface area contributed by atoms with Crippen LogP contribution in [0.25, 0.3) is 0 Å². The molecule has 1 fully saturated rings. The van der Waals surface area contributed by atoms with Crippen molar-refractivity contribution >= 4 is 35.0 Å². The maximum absolute atomic E-state index is 13.2. The number of hydrogen-bond acceptors (Lipinski definition) is 2. The predicted molar refractivity (Wildman–Crippen MR) is 104 cm³/mol. The van der Waals surface area contributed by atoms with Gasteiger partial charge in [-0.2, -0.15) is 0 Å². The maximum atomic E-state index is 13.2. The van der Waals surface area contributed by atoms with Crippen molar-refractivity contribution in [2.24, 2.45) is 0 Å². The highest BCUT2D eigenvalue weighted by Crippen LogP contribution is 2.26. The summed E-state index contributed by atoms with van der Waals surface area (Å²) in [6.07, 6.45) is 0.520. The van der Waals surface area contributed by atoms with Gasteiger partial charge in [0.25, 0.3) is 5.91 Å². The number of carbonyl (C=O) groups is 2. The zero-order valence-electron chi connectivity index (χ0n) is 14.9. The van der Waals surface area contributed by atoms with Gasteiger partial charge >= 0.3 is 0 Å². The molecule has 1 saturated heterocycles. The molecule has 3 rings (SSSR count). The van der Waals surface area contributed by atoms with E-state index in [2.05, 4.69) is 0 Å². The van der Waals surface area contributed by atoms with Crippen LogP contribution in [0.5, 0.6) is 0 Å². The Balaban J connectivity index is 1.53. The Bertz CT molecular complexity index is 900. The summed E-state index contributed by atoms with van der Waals surface area (Å²) in [7, 11) is 0. The first-order chi connectivity index (χ1) is 13.4. The normalized spacial score (nSPS) is 14.3. The second-order valence-electron chi connectivity index (χ2n) is 6.52. The summed E-state index contributed by atoms with van der Waals surface area (Å²) < 4.78 is 26.2. The summed E-state index contributed by atoms with van der Waals surface area (Å²) in [4.78, 5) is 28.3. The summed E-state index contributed by atoms with van der Waals surface area (Å²) in [5.74, 6) is -2.13. The van der Waals surface area contributed by atoms with Crippen molar-refractivity contribution in [3.05, 3.63) is 69.2 Å². The standard InChI is InChI=1S/C20H18Cl2F2N2O2/c21-15-3-1-2-14(19(15)22)20(28)26-10-8-25(9-11-26)18(27)7-5-13-4-6-16(23)17(24)12-13/h1-4,6,12H,5,7-11H2. The number of carbonyl (C=O) groups excluding carboxylic acids is 2. The molecular weight excluding hydrogens is 409 g/mol. The van der Waals surface area contributed by atoms with Gasteiger partial charge in [-0.1, -0.05) is 35.3 Å². The monoisotopic (exact) mass is 426 g/mol. The molecule has 0 unspecified atom stereocenters. The van der Waals surface area contributed by atoms with E-state index in [0.29, 0.717) is 48.7 Å². The number of benzene rings is 2. The van der Waals surface area contributed by atoms with Crippen molar-refractivity contribution in [3.8, 4) is 0 Å². The van der Waals surface area contributed by atoms with E-state index in [0.717, 1.165) is 12.1 Å². The molecule has 0 bridgehead atoms. The lowest BCUT2D eigenvalue weighted by atomic mass is 10.1. The van der Waals surface area contributed by atoms with Crippen molar-refractivity contribution in [1.29, 1.82) is 0 Å². The van der Waals surface area contributed by atoms with E-state index in [1.807, 2.05) is 0 Å². The number of hydrogen-bond donors (Lipinski definition) is 0. The van der Waals surface area contributed by atoms with Gasteiger partial charge in [-0.25, -0.2) is 8.78 Å². The molecule has 2 amide bonds. The van der Waals surface area contributed by atoms with E-state index in [1.54, 1.807) is 28.0 Å². The van der Waals surface area contributed by atoms with Crippen LogP contribution in [0.1, 0.15) is 22.3 Å². The lowest BCUT2D eigenvalue weighted by Crippen LogP contribution is -2.50. The summed E-state index contributed by atoms with van der Waals surface area (Å²) in [5.41, 5.74) is 0.906. The van der Waals surface area contributed by atoms with Gasteiger partial charge in [0, 0.05) is 32.6 Å². The minimum absolute atomic E-state index is 0.0855. The highest BCUT2D eigenvalue weighted by Gasteiger charge is 2.26. The highest BCUT2D eigenvalue weighted by molar-refractivity contribution is 6.43. The molecule has 4 nitrogen and oxygen atoms in total. The van der Waals surface area contributed by atoms with Crippen LogP contribution in [-0.4, -0.2) is 47.8 Å². The molecule has 0 radical (unpaired) electrons. The van der Waals surface area contributed by atoms with Crippen LogP contribution in [0.2, 0.25) is 10.0 Å². The molecule has 0 N–H and O–H groups in total. The third kappa shape index (κ3) is 4.62. The molecule has 148 valence electrons. The van der Waals surface area contributed by atoms with E-state index in [-0.39, 0.29) is 23.3 Å². The van der Waals surface area contributed by atoms with Gasteiger partial charge in [-0.3, -0.25) is 9.59 Å². The molecular formula is C20H18Cl2F2N2O2. The molecule has 8 heteroatoms. The number of amides is 2. The molecule has 0 saturated carbocycles. The summed E-state index contributed by atoms with van der Waals surface area (Å²) >= 11 is 12.1. The van der Waals surface area contributed by atoms with Crippen LogP contribution in [0, 0.1) is 11.6 Å². The van der Waals surface area contributed by atoms with E-state index < -0.39 is 11.6 Å². The Hall–Kier alpha value is -2.18. The predicted octanol–water partition coefficient (Wildman–Crippen LogP) is 4.19. The van der Waals surface area contributed by atoms with Crippen molar-refractivity contribution in [2.75, 3.05) is 26.2 Å². The third-order valence-corrected chi connectivity index (χ3v) is 5.53. The Morgan fingerprint density at radius 1 is 0.929 bits per heavy atom. The Kier molecular flexibility index (Phi) is 6.52. The van der Waals surface area contributed by atoms with Crippen molar-refractivity contribution in [1.82, 2.24) is 9.80 Å². The average molecular weight is 427 g/mol. The van der Waals surface area contributed by atoms with Gasteiger partial charge in [0.2, 0.25) is 5.91 Å². The van der Waals surface area contributed by atoms with Crippen LogP contribution in [0.4, 0.5) is 8.78 Å². The number of rotatable bonds is 4. The van der Waals surface area contributed by atoms with Crippen LogP contribution < -0.4 is 0 Å². The second-order valence-corrected chi connectivity index (χ2v) is 7.31. The van der Waals surface area contributed by atoms with Crippen molar-refractivity contribution in [2.45, 2.75) is 12.8 Å². The molecule has 1 aliphatic heterocycles. The first-order valence-electron chi connectivity index (χ1n) is 8.82. The fraction of sp³-hybridized carbons (Fsp3) is 0.300. The lowest BCUT2D eigenvalue weighted by molar-refractivity contribution is -0.132. The molecule has 2 aromatic carbocycles. The molecule has 2 aromatic rings. The quantitative estimate of drug-likeness (QED) is 0.735. The lowest BCUT2D eigenvalue weighted by Gasteiger charge is -2.35. The zero-order valence-corrected chi connectivity index (χ0v) is 16.4. The average Bonchev–Trinajstić information content (AvgIpc) is 2.70. The maximum Gasteiger partial charge on any atom is 0.255 e. The van der Waals surface area contributed by atoms with Crippen LogP contribution in [0.3, 0.4) is 0 Å². The fourth-order valence-corrected chi connectivity index (χ4v) is 3.48. The number of halogens is 4. The minimum atomic E-state index is -0.920. The Labute approximate surface area is 171 Å². The summed E-state index contributed by atoms with van der Waals surface area (Å²) in [6.45, 7) is 1.58. The van der Waals surface area contributed by atoms with Crippen molar-refractivity contribution in [3.63, 3.8) is 0 Å². The van der Waals surface area contributed by atoms with E-state index >= 15 is 0 Å². The SMILES string of the molecule is O=C(CCc1ccc(F)c(F)c1)N1CCN(C(=O)c2cccc(Cl)c2Cl)CC1. The topological polar surface area (TPSA) is 40.6 Å².